The van der Waals surface area contributed by atoms with Crippen LogP contribution in [0.25, 0.3) is 0 Å². The van der Waals surface area contributed by atoms with Crippen LogP contribution in [0.1, 0.15) is 71.1 Å². The average Bonchev–Trinajstić information content (AvgIpc) is 2.24. The van der Waals surface area contributed by atoms with E-state index < -0.39 is 7.82 Å². The van der Waals surface area contributed by atoms with Gasteiger partial charge < -0.3 is 14.3 Å². The van der Waals surface area contributed by atoms with E-state index in [1.807, 2.05) is 0 Å². The summed E-state index contributed by atoms with van der Waals surface area (Å²) >= 11 is 0. The van der Waals surface area contributed by atoms with Crippen LogP contribution in [-0.2, 0) is 9.09 Å². The molecule has 4 nitrogen and oxygen atoms in total. The van der Waals surface area contributed by atoms with Crippen molar-refractivity contribution in [2.24, 2.45) is 0 Å². The summed E-state index contributed by atoms with van der Waals surface area (Å²) in [6.07, 6.45) is 11.9. The maximum atomic E-state index is 10.3. The normalized spacial score (nSPS) is 13.9. The van der Waals surface area contributed by atoms with E-state index in [4.69, 9.17) is 4.89 Å². The van der Waals surface area contributed by atoms with E-state index in [2.05, 4.69) is 11.4 Å². The Morgan fingerprint density at radius 3 is 1.72 bits per heavy atom. The van der Waals surface area contributed by atoms with Gasteiger partial charge in [0.2, 0.25) is 0 Å². The predicted octanol–water partition coefficient (Wildman–Crippen LogP) is 0.389. The first-order valence-electron chi connectivity index (χ1n) is 6.74. The van der Waals surface area contributed by atoms with Gasteiger partial charge in [-0.25, -0.2) is 0 Å². The molecule has 18 heavy (non-hydrogen) atoms. The Labute approximate surface area is 170 Å². The topological polar surface area (TPSA) is 69.6 Å². The number of hydrogen-bond acceptors (Lipinski definition) is 3. The molecule has 0 aliphatic heterocycles. The average molecular weight is 398 g/mol. The number of hydrogen-bond donors (Lipinski definition) is 1. The molecular weight excluding hydrogens is 372 g/mol. The van der Waals surface area contributed by atoms with E-state index in [0.29, 0.717) is 6.42 Å². The Balaban J connectivity index is 0. The van der Waals surface area contributed by atoms with Gasteiger partial charge in [0.05, 0.1) is 6.61 Å². The second-order valence-electron chi connectivity index (χ2n) is 4.48. The second kappa shape index (κ2) is 15.5. The van der Waals surface area contributed by atoms with Crippen LogP contribution >= 0.6 is 7.82 Å². The van der Waals surface area contributed by atoms with Crippen molar-refractivity contribution in [3.63, 3.8) is 0 Å². The number of unbranched alkanes of at least 4 members (excludes halogenated alkanes) is 9. The summed E-state index contributed by atoms with van der Waals surface area (Å²) in [4.78, 5) is 18.6. The van der Waals surface area contributed by atoms with Crippen molar-refractivity contribution >= 4 is 7.82 Å². The standard InChI is InChI=1S/C12H27O4P.Cs/c1-2-3-4-5-6-7-8-9-10-11-12-16-17(13,14)15;/h2-12H2,1H3,(H2,13,14,15);/q;+1/p-1. The molecule has 0 radical (unpaired) electrons. The third-order valence-corrected chi connectivity index (χ3v) is 3.26. The molecule has 0 heterocycles. The maximum Gasteiger partial charge on any atom is 1.00 e. The van der Waals surface area contributed by atoms with Crippen LogP contribution in [0.4, 0.5) is 0 Å². The van der Waals surface area contributed by atoms with Crippen LogP contribution in [0, 0.1) is 0 Å². The largest absolute Gasteiger partial charge is 1.00 e. The fraction of sp³-hybridized carbons (Fsp3) is 1.00. The predicted molar refractivity (Wildman–Crippen MR) is 67.6 cm³/mol. The van der Waals surface area contributed by atoms with Gasteiger partial charge in [0, 0.05) is 0 Å². The molecule has 0 fully saturated rings. The Morgan fingerprint density at radius 2 is 1.33 bits per heavy atom. The van der Waals surface area contributed by atoms with Crippen LogP contribution in [0.3, 0.4) is 0 Å². The zero-order valence-corrected chi connectivity index (χ0v) is 19.1. The quantitative estimate of drug-likeness (QED) is 0.382. The van der Waals surface area contributed by atoms with Crippen LogP contribution < -0.4 is 73.8 Å². The molecule has 0 aliphatic rings. The molecule has 6 heteroatoms. The van der Waals surface area contributed by atoms with E-state index >= 15 is 0 Å². The molecule has 0 saturated carbocycles. The Kier molecular flexibility index (Phi) is 19.4. The third kappa shape index (κ3) is 20.5. The molecule has 1 atom stereocenters. The Hall–Kier alpha value is 2.16. The van der Waals surface area contributed by atoms with Crippen molar-refractivity contribution in [2.75, 3.05) is 6.61 Å². The van der Waals surface area contributed by atoms with Crippen LogP contribution in [-0.4, -0.2) is 11.5 Å². The summed E-state index contributed by atoms with van der Waals surface area (Å²) in [6.45, 7) is 2.32. The molecule has 0 aromatic carbocycles. The van der Waals surface area contributed by atoms with Crippen molar-refractivity contribution in [2.45, 2.75) is 71.1 Å². The van der Waals surface area contributed by atoms with Crippen molar-refractivity contribution in [1.29, 1.82) is 0 Å². The number of phosphoric acid groups is 1. The molecule has 0 rings (SSSR count). The van der Waals surface area contributed by atoms with Crippen LogP contribution in [0.15, 0.2) is 0 Å². The summed E-state index contributed by atoms with van der Waals surface area (Å²) in [6, 6.07) is 0. The summed E-state index contributed by atoms with van der Waals surface area (Å²) in [7, 11) is -4.49. The van der Waals surface area contributed by atoms with Gasteiger partial charge in [-0.1, -0.05) is 64.7 Å². The van der Waals surface area contributed by atoms with E-state index in [0.717, 1.165) is 12.8 Å². The van der Waals surface area contributed by atoms with Gasteiger partial charge in [-0.3, -0.25) is 4.57 Å². The van der Waals surface area contributed by atoms with Crippen molar-refractivity contribution in [3.05, 3.63) is 0 Å². The van der Waals surface area contributed by atoms with Gasteiger partial charge in [-0.05, 0) is 6.42 Å². The SMILES string of the molecule is CCCCCCCCCCCCOP(=O)([O-])O.[Cs+]. The van der Waals surface area contributed by atoms with E-state index in [1.165, 1.54) is 44.9 Å². The fourth-order valence-electron chi connectivity index (χ4n) is 1.77. The van der Waals surface area contributed by atoms with Crippen molar-refractivity contribution < 1.29 is 87.8 Å². The molecular formula is C12H26CsO4P. The fourth-order valence-corrected chi connectivity index (χ4v) is 2.13. The molecule has 0 saturated heterocycles. The minimum Gasteiger partial charge on any atom is -0.756 e. The first-order chi connectivity index (χ1) is 8.06. The zero-order valence-electron chi connectivity index (χ0n) is 11.9. The van der Waals surface area contributed by atoms with Crippen LogP contribution in [0.2, 0.25) is 0 Å². The molecule has 0 spiro atoms. The summed E-state index contributed by atoms with van der Waals surface area (Å²) in [5, 5.41) is 0. The smallest absolute Gasteiger partial charge is 0.756 e. The molecule has 0 amide bonds. The molecule has 0 aromatic heterocycles. The minimum absolute atomic E-state index is 0. The van der Waals surface area contributed by atoms with Gasteiger partial charge >= 0.3 is 68.9 Å². The Bertz CT molecular complexity index is 208. The minimum atomic E-state index is -4.49. The van der Waals surface area contributed by atoms with E-state index in [-0.39, 0.29) is 75.5 Å². The molecule has 0 bridgehead atoms. The van der Waals surface area contributed by atoms with Gasteiger partial charge in [-0.2, -0.15) is 0 Å². The molecule has 0 aliphatic carbocycles. The molecule has 104 valence electrons. The molecule has 1 N–H and O–H groups in total. The van der Waals surface area contributed by atoms with Gasteiger partial charge in [0.15, 0.2) is 0 Å². The van der Waals surface area contributed by atoms with Crippen molar-refractivity contribution in [3.8, 4) is 0 Å². The number of rotatable bonds is 12. The first kappa shape index (κ1) is 22.4. The van der Waals surface area contributed by atoms with Crippen molar-refractivity contribution in [1.82, 2.24) is 0 Å². The molecule has 1 unspecified atom stereocenters. The summed E-state index contributed by atoms with van der Waals surface area (Å²) < 4.78 is 14.5. The Morgan fingerprint density at radius 1 is 0.944 bits per heavy atom. The second-order valence-corrected chi connectivity index (χ2v) is 5.68. The van der Waals surface area contributed by atoms with Crippen LogP contribution in [0.5, 0.6) is 0 Å². The van der Waals surface area contributed by atoms with Gasteiger partial charge in [-0.15, -0.1) is 0 Å². The molecule has 0 aromatic rings. The number of phosphoric ester groups is 1. The van der Waals surface area contributed by atoms with E-state index in [9.17, 15) is 9.46 Å². The zero-order chi connectivity index (χ0) is 13.0. The van der Waals surface area contributed by atoms with E-state index in [1.54, 1.807) is 0 Å². The monoisotopic (exact) mass is 398 g/mol. The van der Waals surface area contributed by atoms with Gasteiger partial charge in [0.1, 0.15) is 0 Å². The maximum absolute atomic E-state index is 10.3. The third-order valence-electron chi connectivity index (χ3n) is 2.75. The first-order valence-corrected chi connectivity index (χ1v) is 8.24. The van der Waals surface area contributed by atoms with Gasteiger partial charge in [0.25, 0.3) is 7.82 Å². The summed E-state index contributed by atoms with van der Waals surface area (Å²) in [5.41, 5.74) is 0. The summed E-state index contributed by atoms with van der Waals surface area (Å²) in [5.74, 6) is 0.